The van der Waals surface area contributed by atoms with Crippen LogP contribution in [0.4, 0.5) is 0 Å². The summed E-state index contributed by atoms with van der Waals surface area (Å²) in [5.74, 6) is 0.922. The lowest BCUT2D eigenvalue weighted by Gasteiger charge is -2.27. The van der Waals surface area contributed by atoms with Gasteiger partial charge in [0.05, 0.1) is 13.2 Å². The quantitative estimate of drug-likeness (QED) is 0.463. The molecule has 3 rings (SSSR count). The van der Waals surface area contributed by atoms with Crippen molar-refractivity contribution in [3.05, 3.63) is 35.5 Å². The molecule has 1 saturated heterocycles. The van der Waals surface area contributed by atoms with Crippen LogP contribution < -0.4 is 4.74 Å². The predicted molar refractivity (Wildman–Crippen MR) is 133 cm³/mol. The maximum atomic E-state index is 6.27. The van der Waals surface area contributed by atoms with Gasteiger partial charge < -0.3 is 9.47 Å². The lowest BCUT2D eigenvalue weighted by atomic mass is 10.0. The number of aryl methyl sites for hydroxylation is 1. The summed E-state index contributed by atoms with van der Waals surface area (Å²) in [6.07, 6.45) is 4.27. The Labute approximate surface area is 190 Å². The van der Waals surface area contributed by atoms with Crippen molar-refractivity contribution in [2.45, 2.75) is 67.9 Å². The monoisotopic (exact) mass is 431 g/mol. The van der Waals surface area contributed by atoms with Crippen molar-refractivity contribution in [1.82, 2.24) is 14.8 Å². The Kier molecular flexibility index (Phi) is 14.1. The average Bonchev–Trinajstić information content (AvgIpc) is 2.84. The van der Waals surface area contributed by atoms with Gasteiger partial charge in [-0.05, 0) is 37.1 Å². The van der Waals surface area contributed by atoms with E-state index in [9.17, 15) is 0 Å². The molecular formula is C26H45N3O2. The molecular weight excluding hydrogens is 386 g/mol. The molecule has 176 valence electrons. The molecule has 0 atom stereocenters. The molecule has 1 fully saturated rings. The Balaban J connectivity index is 0.00000113. The van der Waals surface area contributed by atoms with Gasteiger partial charge in [0.1, 0.15) is 18.0 Å². The third kappa shape index (κ3) is 8.40. The maximum absolute atomic E-state index is 6.27. The van der Waals surface area contributed by atoms with Gasteiger partial charge in [0.25, 0.3) is 0 Å². The second kappa shape index (κ2) is 16.0. The van der Waals surface area contributed by atoms with Gasteiger partial charge in [-0.25, -0.2) is 0 Å². The summed E-state index contributed by atoms with van der Waals surface area (Å²) in [6, 6.07) is 6.46. The van der Waals surface area contributed by atoms with Crippen molar-refractivity contribution < 1.29 is 9.47 Å². The second-order valence-corrected chi connectivity index (χ2v) is 7.31. The number of morpholine rings is 1. The van der Waals surface area contributed by atoms with Crippen LogP contribution in [0, 0.1) is 6.92 Å². The molecule has 1 aromatic carbocycles. The summed E-state index contributed by atoms with van der Waals surface area (Å²) >= 11 is 0. The molecule has 5 nitrogen and oxygen atoms in total. The van der Waals surface area contributed by atoms with Gasteiger partial charge in [-0.1, -0.05) is 60.1 Å². The van der Waals surface area contributed by atoms with Crippen LogP contribution in [0.2, 0.25) is 0 Å². The fraction of sp³-hybridized carbons (Fsp3) is 0.654. The van der Waals surface area contributed by atoms with Crippen molar-refractivity contribution in [3.63, 3.8) is 0 Å². The van der Waals surface area contributed by atoms with E-state index in [-0.39, 0.29) is 0 Å². The van der Waals surface area contributed by atoms with Crippen LogP contribution in [0.1, 0.15) is 65.5 Å². The highest BCUT2D eigenvalue weighted by Crippen LogP contribution is 2.31. The molecule has 5 heteroatoms. The zero-order valence-electron chi connectivity index (χ0n) is 21.0. The molecule has 1 aliphatic heterocycles. The van der Waals surface area contributed by atoms with Gasteiger partial charge in [0, 0.05) is 37.8 Å². The molecule has 31 heavy (non-hydrogen) atoms. The van der Waals surface area contributed by atoms with Crippen LogP contribution in [0.25, 0.3) is 10.9 Å². The number of rotatable bonds is 9. The van der Waals surface area contributed by atoms with Gasteiger partial charge in [-0.3, -0.25) is 14.8 Å². The van der Waals surface area contributed by atoms with Crippen LogP contribution in [-0.4, -0.2) is 60.9 Å². The first-order valence-corrected chi connectivity index (χ1v) is 12.2. The predicted octanol–water partition coefficient (Wildman–Crippen LogP) is 5.89. The van der Waals surface area contributed by atoms with Crippen LogP contribution in [-0.2, 0) is 11.3 Å². The number of hydrogen-bond donors (Lipinski definition) is 0. The lowest BCUT2D eigenvalue weighted by molar-refractivity contribution is 0.0343. The first-order valence-electron chi connectivity index (χ1n) is 12.2. The standard InChI is InChI=1S/C22H33N3O2.2C2H6/c1-4-6-10-24(5-2)17-27-22-18(3)15-19(16-25-11-13-26-14-12-25)20-8-7-9-23-21(20)22;2*1-2/h7-9,15H,4-6,10-14,16-17H2,1-3H3;2*1-2H3. The van der Waals surface area contributed by atoms with Crippen LogP contribution >= 0.6 is 0 Å². The van der Waals surface area contributed by atoms with Crippen molar-refractivity contribution in [3.8, 4) is 5.75 Å². The van der Waals surface area contributed by atoms with Crippen molar-refractivity contribution in [1.29, 1.82) is 0 Å². The van der Waals surface area contributed by atoms with E-state index in [1.54, 1.807) is 0 Å². The third-order valence-corrected chi connectivity index (χ3v) is 5.28. The largest absolute Gasteiger partial charge is 0.476 e. The topological polar surface area (TPSA) is 37.8 Å². The molecule has 0 N–H and O–H groups in total. The highest BCUT2D eigenvalue weighted by Gasteiger charge is 2.17. The number of unbranched alkanes of at least 4 members (excludes halogenated alkanes) is 1. The minimum atomic E-state index is 0.617. The number of nitrogens with zero attached hydrogens (tertiary/aromatic N) is 3. The van der Waals surface area contributed by atoms with Crippen LogP contribution in [0.3, 0.4) is 0 Å². The van der Waals surface area contributed by atoms with Gasteiger partial charge in [0.2, 0.25) is 0 Å². The number of fused-ring (bicyclic) bond motifs is 1. The highest BCUT2D eigenvalue weighted by molar-refractivity contribution is 5.88. The Morgan fingerprint density at radius 1 is 1.13 bits per heavy atom. The zero-order chi connectivity index (χ0) is 23.1. The van der Waals surface area contributed by atoms with Crippen LogP contribution in [0.15, 0.2) is 24.4 Å². The molecule has 0 amide bonds. The van der Waals surface area contributed by atoms with Gasteiger partial charge in [0.15, 0.2) is 0 Å². The minimum absolute atomic E-state index is 0.617. The molecule has 2 aromatic rings. The summed E-state index contributed by atoms with van der Waals surface area (Å²) in [5, 5.41) is 1.20. The van der Waals surface area contributed by atoms with Gasteiger partial charge in [-0.15, -0.1) is 0 Å². The summed E-state index contributed by atoms with van der Waals surface area (Å²) in [7, 11) is 0. The highest BCUT2D eigenvalue weighted by atomic mass is 16.5. The van der Waals surface area contributed by atoms with Gasteiger partial charge >= 0.3 is 0 Å². The first kappa shape index (κ1) is 27.3. The van der Waals surface area contributed by atoms with Gasteiger partial charge in [-0.2, -0.15) is 0 Å². The summed E-state index contributed by atoms with van der Waals surface area (Å²) < 4.78 is 11.8. The molecule has 2 heterocycles. The van der Waals surface area contributed by atoms with E-state index in [0.29, 0.717) is 6.73 Å². The normalized spacial score (nSPS) is 13.9. The van der Waals surface area contributed by atoms with E-state index in [1.807, 2.05) is 40.0 Å². The minimum Gasteiger partial charge on any atom is -0.476 e. The van der Waals surface area contributed by atoms with E-state index in [1.165, 1.54) is 23.8 Å². The van der Waals surface area contributed by atoms with Crippen molar-refractivity contribution >= 4 is 10.9 Å². The van der Waals surface area contributed by atoms with E-state index in [2.05, 4.69) is 47.7 Å². The van der Waals surface area contributed by atoms with E-state index >= 15 is 0 Å². The SMILES string of the molecule is CC.CC.CCCCN(CC)COc1c(C)cc(CN2CCOCC2)c2cccnc12. The Morgan fingerprint density at radius 3 is 2.48 bits per heavy atom. The number of aromatic nitrogens is 1. The lowest BCUT2D eigenvalue weighted by Crippen LogP contribution is -2.35. The Morgan fingerprint density at radius 2 is 1.84 bits per heavy atom. The molecule has 1 aromatic heterocycles. The fourth-order valence-electron chi connectivity index (χ4n) is 3.60. The summed E-state index contributed by atoms with van der Waals surface area (Å²) in [6.45, 7) is 21.8. The molecule has 0 spiro atoms. The number of ether oxygens (including phenoxy) is 2. The first-order chi connectivity index (χ1) is 15.2. The smallest absolute Gasteiger partial charge is 0.150 e. The Bertz CT molecular complexity index is 730. The molecule has 0 saturated carbocycles. The molecule has 1 aliphatic rings. The molecule has 0 unspecified atom stereocenters. The number of pyridine rings is 1. The number of benzene rings is 1. The maximum Gasteiger partial charge on any atom is 0.150 e. The third-order valence-electron chi connectivity index (χ3n) is 5.28. The zero-order valence-corrected chi connectivity index (χ0v) is 21.0. The van der Waals surface area contributed by atoms with E-state index in [4.69, 9.17) is 9.47 Å². The van der Waals surface area contributed by atoms with E-state index < -0.39 is 0 Å². The van der Waals surface area contributed by atoms with E-state index in [0.717, 1.165) is 62.8 Å². The summed E-state index contributed by atoms with van der Waals surface area (Å²) in [5.41, 5.74) is 3.46. The summed E-state index contributed by atoms with van der Waals surface area (Å²) in [4.78, 5) is 9.47. The number of hydrogen-bond acceptors (Lipinski definition) is 5. The molecule has 0 radical (unpaired) electrons. The molecule has 0 bridgehead atoms. The van der Waals surface area contributed by atoms with Crippen molar-refractivity contribution in [2.75, 3.05) is 46.1 Å². The average molecular weight is 432 g/mol. The Hall–Kier alpha value is -1.69. The second-order valence-electron chi connectivity index (χ2n) is 7.31. The molecule has 0 aliphatic carbocycles. The van der Waals surface area contributed by atoms with Crippen LogP contribution in [0.5, 0.6) is 5.75 Å². The fourth-order valence-corrected chi connectivity index (χ4v) is 3.60. The van der Waals surface area contributed by atoms with Crippen molar-refractivity contribution in [2.24, 2.45) is 0 Å².